The van der Waals surface area contributed by atoms with Crippen LogP contribution in [0.5, 0.6) is 0 Å². The maximum Gasteiger partial charge on any atom is 0.328 e. The third-order valence-corrected chi connectivity index (χ3v) is 7.81. The predicted molar refractivity (Wildman–Crippen MR) is 125 cm³/mol. The SMILES string of the molecule is COC(=O)[C@@H]1CC[C@@H]2CCN(CC(F)F)C[C@H](NC(=O)c3cc4cc(C(C)(F)F)ccc4s3)C(=O)N21. The van der Waals surface area contributed by atoms with E-state index in [2.05, 4.69) is 5.32 Å². The number of fused-ring (bicyclic) bond motifs is 2. The van der Waals surface area contributed by atoms with Crippen molar-refractivity contribution in [1.29, 1.82) is 0 Å². The van der Waals surface area contributed by atoms with Gasteiger partial charge in [-0.15, -0.1) is 11.3 Å². The van der Waals surface area contributed by atoms with Gasteiger partial charge in [0.1, 0.15) is 12.1 Å². The Kier molecular flexibility index (Phi) is 7.56. The minimum Gasteiger partial charge on any atom is -0.467 e. The highest BCUT2D eigenvalue weighted by Gasteiger charge is 2.45. The Balaban J connectivity index is 1.60. The number of benzene rings is 1. The molecule has 2 aliphatic rings. The lowest BCUT2D eigenvalue weighted by atomic mass is 10.1. The normalized spacial score (nSPS) is 23.5. The molecule has 2 fully saturated rings. The molecule has 0 saturated carbocycles. The van der Waals surface area contributed by atoms with Crippen molar-refractivity contribution in [2.45, 2.75) is 56.7 Å². The average molecular weight is 530 g/mol. The van der Waals surface area contributed by atoms with Crippen molar-refractivity contribution in [3.05, 3.63) is 34.7 Å². The van der Waals surface area contributed by atoms with E-state index in [0.717, 1.165) is 18.3 Å². The predicted octanol–water partition coefficient (Wildman–Crippen LogP) is 3.61. The fourth-order valence-corrected chi connectivity index (χ4v) is 5.88. The molecule has 0 spiro atoms. The molecule has 2 amide bonds. The van der Waals surface area contributed by atoms with Gasteiger partial charge >= 0.3 is 5.97 Å². The number of amides is 2. The van der Waals surface area contributed by atoms with Gasteiger partial charge in [0.25, 0.3) is 18.3 Å². The minimum atomic E-state index is -3.04. The molecule has 0 bridgehead atoms. The van der Waals surface area contributed by atoms with Crippen molar-refractivity contribution < 1.29 is 36.7 Å². The van der Waals surface area contributed by atoms with Crippen molar-refractivity contribution >= 4 is 39.2 Å². The Morgan fingerprint density at radius 3 is 2.64 bits per heavy atom. The summed E-state index contributed by atoms with van der Waals surface area (Å²) in [7, 11) is 1.23. The molecule has 0 aliphatic carbocycles. The topological polar surface area (TPSA) is 79.0 Å². The largest absolute Gasteiger partial charge is 0.467 e. The molecule has 12 heteroatoms. The van der Waals surface area contributed by atoms with Gasteiger partial charge in [0.05, 0.1) is 18.5 Å². The van der Waals surface area contributed by atoms with E-state index in [4.69, 9.17) is 4.74 Å². The van der Waals surface area contributed by atoms with Gasteiger partial charge in [0, 0.05) is 36.3 Å². The van der Waals surface area contributed by atoms with Crippen molar-refractivity contribution in [2.75, 3.05) is 26.7 Å². The summed E-state index contributed by atoms with van der Waals surface area (Å²) >= 11 is 1.07. The highest BCUT2D eigenvalue weighted by molar-refractivity contribution is 7.20. The van der Waals surface area contributed by atoms with E-state index in [0.29, 0.717) is 29.3 Å². The Labute approximate surface area is 209 Å². The van der Waals surface area contributed by atoms with Crippen LogP contribution >= 0.6 is 11.3 Å². The molecular weight excluding hydrogens is 502 g/mol. The lowest BCUT2D eigenvalue weighted by Crippen LogP contribution is -2.60. The van der Waals surface area contributed by atoms with Crippen LogP contribution < -0.4 is 5.32 Å². The molecule has 0 radical (unpaired) electrons. The fraction of sp³-hybridized carbons (Fsp3) is 0.542. The molecule has 2 aliphatic heterocycles. The van der Waals surface area contributed by atoms with Crippen molar-refractivity contribution in [3.63, 3.8) is 0 Å². The van der Waals surface area contributed by atoms with Gasteiger partial charge < -0.3 is 15.0 Å². The molecule has 0 unspecified atom stereocenters. The number of hydrogen-bond donors (Lipinski definition) is 1. The third kappa shape index (κ3) is 5.49. The summed E-state index contributed by atoms with van der Waals surface area (Å²) in [5.41, 5.74) is -0.188. The van der Waals surface area contributed by atoms with E-state index >= 15 is 0 Å². The lowest BCUT2D eigenvalue weighted by Gasteiger charge is -2.38. The molecule has 36 heavy (non-hydrogen) atoms. The summed E-state index contributed by atoms with van der Waals surface area (Å²) in [5, 5.41) is 3.10. The summed E-state index contributed by atoms with van der Waals surface area (Å²) in [6.45, 7) is 0.357. The minimum absolute atomic E-state index is 0.150. The first kappa shape index (κ1) is 26.3. The van der Waals surface area contributed by atoms with Crippen molar-refractivity contribution in [1.82, 2.24) is 15.1 Å². The van der Waals surface area contributed by atoms with Gasteiger partial charge in [-0.3, -0.25) is 14.5 Å². The molecule has 2 saturated heterocycles. The van der Waals surface area contributed by atoms with Gasteiger partial charge in [-0.1, -0.05) is 6.07 Å². The second-order valence-electron chi connectivity index (χ2n) is 9.23. The van der Waals surface area contributed by atoms with Crippen LogP contribution in [-0.2, 0) is 20.2 Å². The standard InChI is InChI=1S/C24H27F4N3O4S/c1-24(27,28)14-3-6-18-13(9-14)10-19(36-18)21(32)29-16-11-30(12-20(25)26)8-7-15-4-5-17(23(34)35-2)31(15)22(16)33/h3,6,9-10,15-17,20H,4-5,7-8,11-12H2,1-2H3,(H,29,32)/t15-,16+,17+/m1/s1. The highest BCUT2D eigenvalue weighted by atomic mass is 32.1. The zero-order valence-corrected chi connectivity index (χ0v) is 20.6. The Bertz CT molecular complexity index is 1150. The summed E-state index contributed by atoms with van der Waals surface area (Å²) in [4.78, 5) is 42.0. The molecule has 1 aromatic heterocycles. The van der Waals surface area contributed by atoms with Crippen LogP contribution in [0.15, 0.2) is 24.3 Å². The number of methoxy groups -OCH3 is 1. The monoisotopic (exact) mass is 529 g/mol. The summed E-state index contributed by atoms with van der Waals surface area (Å²) in [5.74, 6) is -4.76. The third-order valence-electron chi connectivity index (χ3n) is 6.70. The number of ether oxygens (including phenoxy) is 1. The number of hydrogen-bond acceptors (Lipinski definition) is 6. The number of nitrogens with one attached hydrogen (secondary N) is 1. The number of thiophene rings is 1. The first-order valence-corrected chi connectivity index (χ1v) is 12.4. The summed E-state index contributed by atoms with van der Waals surface area (Å²) in [6.07, 6.45) is -1.28. The van der Waals surface area contributed by atoms with Crippen LogP contribution in [0.25, 0.3) is 10.1 Å². The van der Waals surface area contributed by atoms with E-state index in [9.17, 15) is 31.9 Å². The molecule has 3 heterocycles. The summed E-state index contributed by atoms with van der Waals surface area (Å²) < 4.78 is 59.3. The van der Waals surface area contributed by atoms with E-state index in [1.165, 1.54) is 41.2 Å². The van der Waals surface area contributed by atoms with Crippen molar-refractivity contribution in [2.24, 2.45) is 0 Å². The number of nitrogens with zero attached hydrogens (tertiary/aromatic N) is 2. The van der Waals surface area contributed by atoms with E-state index in [1.54, 1.807) is 0 Å². The Morgan fingerprint density at radius 2 is 1.97 bits per heavy atom. The Morgan fingerprint density at radius 1 is 1.22 bits per heavy atom. The molecule has 2 aromatic rings. The Hall–Kier alpha value is -2.73. The smallest absolute Gasteiger partial charge is 0.328 e. The molecule has 7 nitrogen and oxygen atoms in total. The van der Waals surface area contributed by atoms with E-state index < -0.39 is 48.8 Å². The second-order valence-corrected chi connectivity index (χ2v) is 10.3. The first-order chi connectivity index (χ1) is 17.0. The fourth-order valence-electron chi connectivity index (χ4n) is 4.93. The number of carbonyl (C=O) groups is 3. The van der Waals surface area contributed by atoms with Crippen LogP contribution in [0.1, 0.15) is 41.4 Å². The van der Waals surface area contributed by atoms with Gasteiger partial charge in [-0.25, -0.2) is 22.4 Å². The maximum absolute atomic E-state index is 13.7. The maximum atomic E-state index is 13.7. The number of esters is 1. The van der Waals surface area contributed by atoms with Crippen LogP contribution in [0, 0.1) is 0 Å². The van der Waals surface area contributed by atoms with Crippen LogP contribution in [0.2, 0.25) is 0 Å². The zero-order valence-electron chi connectivity index (χ0n) is 19.8. The van der Waals surface area contributed by atoms with Crippen LogP contribution in [0.3, 0.4) is 0 Å². The lowest BCUT2D eigenvalue weighted by molar-refractivity contribution is -0.153. The van der Waals surface area contributed by atoms with Crippen LogP contribution in [0.4, 0.5) is 17.6 Å². The molecule has 4 rings (SSSR count). The highest BCUT2D eigenvalue weighted by Crippen LogP contribution is 2.33. The van der Waals surface area contributed by atoms with Gasteiger partial charge in [0.15, 0.2) is 0 Å². The van der Waals surface area contributed by atoms with Crippen molar-refractivity contribution in [3.8, 4) is 0 Å². The van der Waals surface area contributed by atoms with Gasteiger partial charge in [0.2, 0.25) is 5.91 Å². The zero-order chi connectivity index (χ0) is 26.2. The molecule has 3 atom stereocenters. The van der Waals surface area contributed by atoms with Gasteiger partial charge in [-0.2, -0.15) is 0 Å². The molecule has 196 valence electrons. The molecule has 1 N–H and O–H groups in total. The second kappa shape index (κ2) is 10.3. The average Bonchev–Trinajstić information content (AvgIpc) is 3.43. The number of carbonyl (C=O) groups excluding carboxylic acids is 3. The van der Waals surface area contributed by atoms with Crippen LogP contribution in [-0.4, -0.2) is 78.9 Å². The number of alkyl halides is 4. The first-order valence-electron chi connectivity index (χ1n) is 11.6. The van der Waals surface area contributed by atoms with E-state index in [-0.39, 0.29) is 29.6 Å². The number of rotatable bonds is 6. The number of halogens is 4. The van der Waals surface area contributed by atoms with Gasteiger partial charge in [-0.05, 0) is 42.8 Å². The molecule has 1 aromatic carbocycles. The van der Waals surface area contributed by atoms with E-state index in [1.807, 2.05) is 0 Å². The summed E-state index contributed by atoms with van der Waals surface area (Å²) in [6, 6.07) is 3.26. The molecular formula is C24H27F4N3O4S. The quantitative estimate of drug-likeness (QED) is 0.457.